The molecule has 1 saturated heterocycles. The smallest absolute Gasteiger partial charge is 0.117 e. The van der Waals surface area contributed by atoms with E-state index in [-0.39, 0.29) is 6.10 Å². The second-order valence-corrected chi connectivity index (χ2v) is 3.65. The first-order valence-corrected chi connectivity index (χ1v) is 4.91. The number of ether oxygens (including phenoxy) is 1. The zero-order valence-corrected chi connectivity index (χ0v) is 8.31. The number of benzene rings is 1. The Kier molecular flexibility index (Phi) is 2.59. The molecule has 2 rings (SSSR count). The van der Waals surface area contributed by atoms with Crippen molar-refractivity contribution in [2.45, 2.75) is 13.0 Å². The van der Waals surface area contributed by atoms with Gasteiger partial charge in [0.15, 0.2) is 0 Å². The second-order valence-electron chi connectivity index (χ2n) is 3.65. The first-order valence-electron chi connectivity index (χ1n) is 4.91. The lowest BCUT2D eigenvalue weighted by atomic mass is 10.2. The van der Waals surface area contributed by atoms with Crippen LogP contribution in [0.3, 0.4) is 0 Å². The number of anilines is 1. The molecule has 1 N–H and O–H groups in total. The Morgan fingerprint density at radius 1 is 1.50 bits per heavy atom. The molecule has 1 aromatic rings. The third-order valence-electron chi connectivity index (χ3n) is 2.44. The number of phenolic OH excluding ortho intramolecular Hbond substituents is 1. The highest BCUT2D eigenvalue weighted by Gasteiger charge is 2.16. The first-order chi connectivity index (χ1) is 6.75. The summed E-state index contributed by atoms with van der Waals surface area (Å²) in [5.74, 6) is 0.321. The number of nitrogens with zero attached hydrogens (tertiary/aromatic N) is 1. The maximum absolute atomic E-state index is 9.35. The molecule has 3 nitrogen and oxygen atoms in total. The number of aromatic hydroxyl groups is 1. The maximum Gasteiger partial charge on any atom is 0.117 e. The quantitative estimate of drug-likeness (QED) is 0.735. The summed E-state index contributed by atoms with van der Waals surface area (Å²) in [6, 6.07) is 7.36. The van der Waals surface area contributed by atoms with Crippen LogP contribution < -0.4 is 4.90 Å². The molecule has 1 heterocycles. The van der Waals surface area contributed by atoms with Gasteiger partial charge in [0.05, 0.1) is 12.7 Å². The lowest BCUT2D eigenvalue weighted by Crippen LogP contribution is -2.41. The zero-order valence-electron chi connectivity index (χ0n) is 8.31. The van der Waals surface area contributed by atoms with Crippen LogP contribution in [0.15, 0.2) is 24.3 Å². The lowest BCUT2D eigenvalue weighted by Gasteiger charge is -2.32. The van der Waals surface area contributed by atoms with Gasteiger partial charge in [-0.25, -0.2) is 0 Å². The monoisotopic (exact) mass is 193 g/mol. The van der Waals surface area contributed by atoms with Crippen molar-refractivity contribution in [3.63, 3.8) is 0 Å². The molecule has 1 atom stereocenters. The van der Waals surface area contributed by atoms with E-state index in [0.717, 1.165) is 25.4 Å². The van der Waals surface area contributed by atoms with E-state index < -0.39 is 0 Å². The van der Waals surface area contributed by atoms with E-state index in [9.17, 15) is 5.11 Å². The third-order valence-corrected chi connectivity index (χ3v) is 2.44. The maximum atomic E-state index is 9.35. The minimum Gasteiger partial charge on any atom is -0.508 e. The molecule has 0 aliphatic carbocycles. The molecule has 0 amide bonds. The number of hydrogen-bond acceptors (Lipinski definition) is 3. The average Bonchev–Trinajstić information content (AvgIpc) is 2.18. The molecule has 1 fully saturated rings. The molecule has 14 heavy (non-hydrogen) atoms. The fourth-order valence-corrected chi connectivity index (χ4v) is 1.74. The van der Waals surface area contributed by atoms with Crippen LogP contribution >= 0.6 is 0 Å². The largest absolute Gasteiger partial charge is 0.508 e. The third kappa shape index (κ3) is 1.99. The molecular weight excluding hydrogens is 178 g/mol. The van der Waals surface area contributed by atoms with Crippen LogP contribution in [0.25, 0.3) is 0 Å². The number of rotatable bonds is 1. The van der Waals surface area contributed by atoms with Crippen molar-refractivity contribution in [2.24, 2.45) is 0 Å². The van der Waals surface area contributed by atoms with Crippen molar-refractivity contribution in [1.29, 1.82) is 0 Å². The van der Waals surface area contributed by atoms with E-state index in [2.05, 4.69) is 11.8 Å². The van der Waals surface area contributed by atoms with Crippen molar-refractivity contribution in [3.05, 3.63) is 24.3 Å². The molecule has 0 aromatic heterocycles. The summed E-state index contributed by atoms with van der Waals surface area (Å²) in [7, 11) is 0. The van der Waals surface area contributed by atoms with Gasteiger partial charge in [-0.15, -0.1) is 0 Å². The zero-order chi connectivity index (χ0) is 9.97. The summed E-state index contributed by atoms with van der Waals surface area (Å²) in [6.45, 7) is 4.61. The Hall–Kier alpha value is -1.22. The summed E-state index contributed by atoms with van der Waals surface area (Å²) < 4.78 is 5.46. The SMILES string of the molecule is CC1CN(c2cccc(O)c2)CCO1. The predicted molar refractivity (Wildman–Crippen MR) is 55.7 cm³/mol. The van der Waals surface area contributed by atoms with E-state index in [4.69, 9.17) is 4.74 Å². The first kappa shape index (κ1) is 9.34. The van der Waals surface area contributed by atoms with E-state index in [1.54, 1.807) is 12.1 Å². The normalized spacial score (nSPS) is 22.4. The molecule has 1 unspecified atom stereocenters. The highest BCUT2D eigenvalue weighted by Crippen LogP contribution is 2.21. The highest BCUT2D eigenvalue weighted by molar-refractivity contribution is 5.50. The van der Waals surface area contributed by atoms with E-state index in [1.807, 2.05) is 12.1 Å². The van der Waals surface area contributed by atoms with Gasteiger partial charge in [-0.3, -0.25) is 0 Å². The number of hydrogen-bond donors (Lipinski definition) is 1. The highest BCUT2D eigenvalue weighted by atomic mass is 16.5. The molecule has 0 radical (unpaired) electrons. The van der Waals surface area contributed by atoms with Gasteiger partial charge in [0.25, 0.3) is 0 Å². The van der Waals surface area contributed by atoms with Crippen molar-refractivity contribution in [2.75, 3.05) is 24.6 Å². The summed E-state index contributed by atoms with van der Waals surface area (Å²) in [6.07, 6.45) is 0.270. The Morgan fingerprint density at radius 2 is 2.36 bits per heavy atom. The van der Waals surface area contributed by atoms with E-state index in [0.29, 0.717) is 5.75 Å². The van der Waals surface area contributed by atoms with Crippen molar-refractivity contribution >= 4 is 5.69 Å². The van der Waals surface area contributed by atoms with Crippen LogP contribution in [0.2, 0.25) is 0 Å². The van der Waals surface area contributed by atoms with Gasteiger partial charge in [-0.1, -0.05) is 6.07 Å². The molecular formula is C11H15NO2. The number of phenols is 1. The van der Waals surface area contributed by atoms with E-state index in [1.165, 1.54) is 0 Å². The summed E-state index contributed by atoms with van der Waals surface area (Å²) >= 11 is 0. The van der Waals surface area contributed by atoms with Crippen LogP contribution in [-0.4, -0.2) is 30.9 Å². The van der Waals surface area contributed by atoms with E-state index >= 15 is 0 Å². The molecule has 1 aliphatic rings. The van der Waals surface area contributed by atoms with Gasteiger partial charge in [-0.05, 0) is 19.1 Å². The second kappa shape index (κ2) is 3.88. The summed E-state index contributed by atoms with van der Waals surface area (Å²) in [5.41, 5.74) is 1.07. The minimum absolute atomic E-state index is 0.270. The lowest BCUT2D eigenvalue weighted by molar-refractivity contribution is 0.0532. The van der Waals surface area contributed by atoms with Crippen LogP contribution in [0, 0.1) is 0 Å². The molecule has 0 saturated carbocycles. The van der Waals surface area contributed by atoms with Gasteiger partial charge >= 0.3 is 0 Å². The summed E-state index contributed by atoms with van der Waals surface area (Å²) in [4.78, 5) is 2.23. The molecule has 3 heteroatoms. The van der Waals surface area contributed by atoms with Gasteiger partial charge < -0.3 is 14.7 Å². The minimum atomic E-state index is 0.270. The predicted octanol–water partition coefficient (Wildman–Crippen LogP) is 1.62. The van der Waals surface area contributed by atoms with Crippen LogP contribution in [0.1, 0.15) is 6.92 Å². The van der Waals surface area contributed by atoms with Gasteiger partial charge in [0.2, 0.25) is 0 Å². The Balaban J connectivity index is 2.14. The Bertz CT molecular complexity index is 314. The van der Waals surface area contributed by atoms with Crippen molar-refractivity contribution in [1.82, 2.24) is 0 Å². The van der Waals surface area contributed by atoms with Crippen LogP contribution in [0.4, 0.5) is 5.69 Å². The molecule has 76 valence electrons. The molecule has 1 aromatic carbocycles. The Labute approximate surface area is 83.9 Å². The standard InChI is InChI=1S/C11H15NO2/c1-9-8-12(5-6-14-9)10-3-2-4-11(13)7-10/h2-4,7,9,13H,5-6,8H2,1H3. The fraction of sp³-hybridized carbons (Fsp3) is 0.455. The van der Waals surface area contributed by atoms with Crippen LogP contribution in [-0.2, 0) is 4.74 Å². The Morgan fingerprint density at radius 3 is 3.07 bits per heavy atom. The fourth-order valence-electron chi connectivity index (χ4n) is 1.74. The number of morpholine rings is 1. The molecule has 1 aliphatic heterocycles. The summed E-state index contributed by atoms with van der Waals surface area (Å²) in [5, 5.41) is 9.35. The molecule has 0 bridgehead atoms. The van der Waals surface area contributed by atoms with Crippen LogP contribution in [0.5, 0.6) is 5.75 Å². The van der Waals surface area contributed by atoms with Gasteiger partial charge in [-0.2, -0.15) is 0 Å². The topological polar surface area (TPSA) is 32.7 Å². The molecule has 0 spiro atoms. The van der Waals surface area contributed by atoms with Gasteiger partial charge in [0.1, 0.15) is 5.75 Å². The van der Waals surface area contributed by atoms with Crippen molar-refractivity contribution in [3.8, 4) is 5.75 Å². The van der Waals surface area contributed by atoms with Gasteiger partial charge in [0, 0.05) is 24.8 Å². The van der Waals surface area contributed by atoms with Crippen molar-refractivity contribution < 1.29 is 9.84 Å². The average molecular weight is 193 g/mol.